The van der Waals surface area contributed by atoms with Crippen molar-refractivity contribution in [1.82, 2.24) is 0 Å². The summed E-state index contributed by atoms with van der Waals surface area (Å²) in [4.78, 5) is 0. The highest BCUT2D eigenvalue weighted by atomic mass is 35.5. The normalized spacial score (nSPS) is 27.4. The first kappa shape index (κ1) is 16.8. The van der Waals surface area contributed by atoms with E-state index < -0.39 is 0 Å². The first-order valence-electron chi connectivity index (χ1n) is 7.92. The molecule has 0 aromatic heterocycles. The summed E-state index contributed by atoms with van der Waals surface area (Å²) in [6.45, 7) is 6.92. The molecule has 2 atom stereocenters. The van der Waals surface area contributed by atoms with Crippen LogP contribution in [-0.4, -0.2) is 5.54 Å². The summed E-state index contributed by atoms with van der Waals surface area (Å²) >= 11 is 5.82. The Balaban J connectivity index is 2.08. The van der Waals surface area contributed by atoms with Gasteiger partial charge in [-0.25, -0.2) is 4.39 Å². The van der Waals surface area contributed by atoms with Gasteiger partial charge in [0, 0.05) is 10.6 Å². The van der Waals surface area contributed by atoms with Gasteiger partial charge in [-0.3, -0.25) is 0 Å². The first-order valence-corrected chi connectivity index (χ1v) is 8.30. The average molecular weight is 312 g/mol. The fourth-order valence-electron chi connectivity index (χ4n) is 3.52. The lowest BCUT2D eigenvalue weighted by atomic mass is 9.76. The fourth-order valence-corrected chi connectivity index (χ4v) is 3.68. The van der Waals surface area contributed by atoms with E-state index >= 15 is 0 Å². The summed E-state index contributed by atoms with van der Waals surface area (Å²) in [5.74, 6) is 0.474. The molecule has 0 aliphatic heterocycles. The third kappa shape index (κ3) is 4.43. The number of hydrogen-bond donors (Lipinski definition) is 1. The highest BCUT2D eigenvalue weighted by Crippen LogP contribution is 2.40. The number of nitrogens with two attached hydrogens (primary N) is 1. The van der Waals surface area contributed by atoms with Crippen LogP contribution in [0, 0.1) is 17.2 Å². The summed E-state index contributed by atoms with van der Waals surface area (Å²) in [6, 6.07) is 4.91. The van der Waals surface area contributed by atoms with Gasteiger partial charge in [0.25, 0.3) is 0 Å². The molecule has 21 heavy (non-hydrogen) atoms. The summed E-state index contributed by atoms with van der Waals surface area (Å²) in [7, 11) is 0. The molecule has 1 aliphatic rings. The molecule has 0 spiro atoms. The van der Waals surface area contributed by atoms with Crippen LogP contribution in [0.15, 0.2) is 18.2 Å². The van der Waals surface area contributed by atoms with Crippen molar-refractivity contribution in [3.8, 4) is 0 Å². The topological polar surface area (TPSA) is 26.0 Å². The molecular formula is C18H27ClFN. The Morgan fingerprint density at radius 2 is 2.00 bits per heavy atom. The predicted molar refractivity (Wildman–Crippen MR) is 88.1 cm³/mol. The van der Waals surface area contributed by atoms with E-state index in [2.05, 4.69) is 20.8 Å². The molecule has 118 valence electrons. The number of benzene rings is 1. The van der Waals surface area contributed by atoms with E-state index in [0.29, 0.717) is 28.3 Å². The molecule has 0 amide bonds. The molecule has 0 bridgehead atoms. The second kappa shape index (κ2) is 6.26. The molecule has 3 heteroatoms. The molecule has 1 fully saturated rings. The molecule has 1 saturated carbocycles. The molecule has 1 aliphatic carbocycles. The Labute approximate surface area is 133 Å². The molecular weight excluding hydrogens is 285 g/mol. The molecule has 0 radical (unpaired) electrons. The zero-order chi connectivity index (χ0) is 15.7. The second-order valence-corrected chi connectivity index (χ2v) is 8.21. The average Bonchev–Trinajstić information content (AvgIpc) is 2.55. The maximum Gasteiger partial charge on any atom is 0.127 e. The number of hydrogen-bond acceptors (Lipinski definition) is 1. The molecule has 2 N–H and O–H groups in total. The highest BCUT2D eigenvalue weighted by Gasteiger charge is 2.34. The summed E-state index contributed by atoms with van der Waals surface area (Å²) in [6.07, 6.45) is 6.04. The maximum absolute atomic E-state index is 14.0. The van der Waals surface area contributed by atoms with Crippen LogP contribution >= 0.6 is 11.6 Å². The van der Waals surface area contributed by atoms with Gasteiger partial charge in [-0.1, -0.05) is 44.9 Å². The van der Waals surface area contributed by atoms with Gasteiger partial charge in [0.05, 0.1) is 0 Å². The lowest BCUT2D eigenvalue weighted by Crippen LogP contribution is -2.42. The lowest BCUT2D eigenvalue weighted by Gasteiger charge is -2.31. The van der Waals surface area contributed by atoms with Crippen molar-refractivity contribution in [2.75, 3.05) is 0 Å². The van der Waals surface area contributed by atoms with E-state index in [-0.39, 0.29) is 11.4 Å². The number of halogens is 2. The maximum atomic E-state index is 14.0. The minimum atomic E-state index is -0.283. The zero-order valence-electron chi connectivity index (χ0n) is 13.4. The van der Waals surface area contributed by atoms with Gasteiger partial charge in [0.15, 0.2) is 0 Å². The van der Waals surface area contributed by atoms with Crippen molar-refractivity contribution in [2.45, 2.75) is 64.8 Å². The Hall–Kier alpha value is -0.600. The zero-order valence-corrected chi connectivity index (χ0v) is 14.1. The third-order valence-corrected chi connectivity index (χ3v) is 5.24. The largest absolute Gasteiger partial charge is 0.325 e. The Kier molecular flexibility index (Phi) is 4.99. The van der Waals surface area contributed by atoms with E-state index in [0.717, 1.165) is 25.7 Å². The summed E-state index contributed by atoms with van der Waals surface area (Å²) in [5.41, 5.74) is 7.34. The SMILES string of the molecule is CC(C)(C)C1CCCC(N)(Cc2ccc(Cl)cc2F)CC1. The van der Waals surface area contributed by atoms with Crippen LogP contribution in [0.3, 0.4) is 0 Å². The van der Waals surface area contributed by atoms with Crippen LogP contribution < -0.4 is 5.73 Å². The van der Waals surface area contributed by atoms with Crippen LogP contribution in [0.2, 0.25) is 5.02 Å². The molecule has 0 saturated heterocycles. The quantitative estimate of drug-likeness (QED) is 0.732. The van der Waals surface area contributed by atoms with Crippen LogP contribution in [0.1, 0.15) is 58.4 Å². The smallest absolute Gasteiger partial charge is 0.127 e. The molecule has 0 heterocycles. The Bertz CT molecular complexity index is 494. The number of rotatable bonds is 2. The van der Waals surface area contributed by atoms with Crippen molar-refractivity contribution in [2.24, 2.45) is 17.1 Å². The monoisotopic (exact) mass is 311 g/mol. The van der Waals surface area contributed by atoms with Gasteiger partial charge in [0.1, 0.15) is 5.82 Å². The highest BCUT2D eigenvalue weighted by molar-refractivity contribution is 6.30. The van der Waals surface area contributed by atoms with Crippen LogP contribution in [0.25, 0.3) is 0 Å². The van der Waals surface area contributed by atoms with Gasteiger partial charge < -0.3 is 5.73 Å². The minimum absolute atomic E-state index is 0.232. The molecule has 1 aromatic rings. The van der Waals surface area contributed by atoms with E-state index in [1.807, 2.05) is 0 Å². The molecule has 1 nitrogen and oxygen atoms in total. The van der Waals surface area contributed by atoms with Crippen molar-refractivity contribution in [1.29, 1.82) is 0 Å². The van der Waals surface area contributed by atoms with E-state index in [1.54, 1.807) is 12.1 Å². The summed E-state index contributed by atoms with van der Waals surface area (Å²) < 4.78 is 14.0. The van der Waals surface area contributed by atoms with Gasteiger partial charge in [-0.2, -0.15) is 0 Å². The lowest BCUT2D eigenvalue weighted by molar-refractivity contribution is 0.210. The van der Waals surface area contributed by atoms with Gasteiger partial charge in [-0.05, 0) is 61.1 Å². The third-order valence-electron chi connectivity index (χ3n) is 5.00. The van der Waals surface area contributed by atoms with Crippen molar-refractivity contribution < 1.29 is 4.39 Å². The standard InChI is InChI=1S/C18H27ClFN/c1-17(2,3)14-5-4-9-18(21,10-8-14)12-13-6-7-15(19)11-16(13)20/h6-7,11,14H,4-5,8-10,12,21H2,1-3H3. The van der Waals surface area contributed by atoms with Crippen molar-refractivity contribution in [3.05, 3.63) is 34.6 Å². The van der Waals surface area contributed by atoms with Crippen molar-refractivity contribution in [3.63, 3.8) is 0 Å². The predicted octanol–water partition coefficient (Wildman–Crippen LogP) is 5.35. The van der Waals surface area contributed by atoms with Crippen LogP contribution in [-0.2, 0) is 6.42 Å². The minimum Gasteiger partial charge on any atom is -0.325 e. The van der Waals surface area contributed by atoms with E-state index in [1.165, 1.54) is 12.5 Å². The molecule has 2 unspecified atom stereocenters. The van der Waals surface area contributed by atoms with Crippen LogP contribution in [0.5, 0.6) is 0 Å². The molecule has 1 aromatic carbocycles. The second-order valence-electron chi connectivity index (χ2n) is 7.77. The van der Waals surface area contributed by atoms with Gasteiger partial charge >= 0.3 is 0 Å². The van der Waals surface area contributed by atoms with Gasteiger partial charge in [0.2, 0.25) is 0 Å². The first-order chi connectivity index (χ1) is 9.70. The Morgan fingerprint density at radius 3 is 2.62 bits per heavy atom. The van der Waals surface area contributed by atoms with E-state index in [4.69, 9.17) is 17.3 Å². The summed E-state index contributed by atoms with van der Waals surface area (Å²) in [5, 5.41) is 0.441. The van der Waals surface area contributed by atoms with Gasteiger partial charge in [-0.15, -0.1) is 0 Å². The van der Waals surface area contributed by atoms with E-state index in [9.17, 15) is 4.39 Å². The van der Waals surface area contributed by atoms with Crippen molar-refractivity contribution >= 4 is 11.6 Å². The Morgan fingerprint density at radius 1 is 1.29 bits per heavy atom. The fraction of sp³-hybridized carbons (Fsp3) is 0.667. The van der Waals surface area contributed by atoms with Crippen LogP contribution in [0.4, 0.5) is 4.39 Å². The molecule has 2 rings (SSSR count).